The maximum Gasteiger partial charge on any atom is 0.230 e. The van der Waals surface area contributed by atoms with E-state index in [4.69, 9.17) is 28.1 Å². The van der Waals surface area contributed by atoms with E-state index in [0.29, 0.717) is 0 Å². The molecule has 0 aromatic rings. The first-order valence-electron chi connectivity index (χ1n) is 6.27. The molecule has 1 aliphatic rings. The Morgan fingerprint density at radius 2 is 2.05 bits per heavy atom. The normalized spacial score (nSPS) is 21.4. The Morgan fingerprint density at radius 3 is 2.50 bits per heavy atom. The van der Waals surface area contributed by atoms with Crippen molar-refractivity contribution in [2.24, 2.45) is 33.2 Å². The van der Waals surface area contributed by atoms with Crippen molar-refractivity contribution in [3.8, 4) is 0 Å². The zero-order valence-corrected chi connectivity index (χ0v) is 11.6. The van der Waals surface area contributed by atoms with Gasteiger partial charge in [-0.15, -0.1) is 0 Å². The highest BCUT2D eigenvalue weighted by atomic mass is 19.1. The van der Waals surface area contributed by atoms with E-state index in [0.717, 1.165) is 12.2 Å². The van der Waals surface area contributed by atoms with Gasteiger partial charge in [0.2, 0.25) is 5.91 Å². The molecule has 3 atom stereocenters. The summed E-state index contributed by atoms with van der Waals surface area (Å²) in [7, 11) is 0. The number of aliphatic imine (C=N–C) groups is 1. The number of carbonyl (C=O) groups is 1. The summed E-state index contributed by atoms with van der Waals surface area (Å²) in [6, 6.07) is -1.21. The Kier molecular flexibility index (Phi) is 5.84. The fourth-order valence-electron chi connectivity index (χ4n) is 1.85. The molecule has 0 aliphatic heterocycles. The number of nitrogens with one attached hydrogen (secondary N) is 2. The number of hydrogen-bond donors (Lipinski definition) is 5. The number of amidine groups is 2. The van der Waals surface area contributed by atoms with Crippen LogP contribution in [0.5, 0.6) is 0 Å². The van der Waals surface area contributed by atoms with E-state index in [1.54, 1.807) is 0 Å². The molecule has 8 N–H and O–H groups in total. The van der Waals surface area contributed by atoms with Crippen molar-refractivity contribution in [1.82, 2.24) is 0 Å². The molecule has 120 valence electrons. The highest BCUT2D eigenvalue weighted by Gasteiger charge is 2.28. The van der Waals surface area contributed by atoms with Gasteiger partial charge >= 0.3 is 0 Å². The zero-order valence-electron chi connectivity index (χ0n) is 11.6. The summed E-state index contributed by atoms with van der Waals surface area (Å²) in [5.74, 6) is -3.35. The monoisotopic (exact) mass is 313 g/mol. The molecule has 1 aliphatic carbocycles. The van der Waals surface area contributed by atoms with E-state index in [-0.39, 0.29) is 18.0 Å². The summed E-state index contributed by atoms with van der Waals surface area (Å²) in [5, 5.41) is 10.4. The van der Waals surface area contributed by atoms with Gasteiger partial charge in [0.15, 0.2) is 6.04 Å². The summed E-state index contributed by atoms with van der Waals surface area (Å²) in [6.07, 6.45) is 0.101. The lowest BCUT2D eigenvalue weighted by molar-refractivity contribution is -0.119. The number of allylic oxidation sites excluding steroid dienone is 3. The number of nitrogens with zero attached hydrogens (tertiary/aromatic N) is 2. The van der Waals surface area contributed by atoms with Crippen LogP contribution >= 0.6 is 0 Å². The fraction of sp³-hybridized carbons (Fsp3) is 0.417. The molecule has 0 bridgehead atoms. The highest BCUT2D eigenvalue weighted by molar-refractivity contribution is 6.00. The molecule has 0 fully saturated rings. The summed E-state index contributed by atoms with van der Waals surface area (Å²) < 4.78 is 26.8. The third-order valence-electron chi connectivity index (χ3n) is 3.09. The van der Waals surface area contributed by atoms with Crippen LogP contribution in [-0.2, 0) is 4.79 Å². The maximum atomic E-state index is 13.8. The minimum absolute atomic E-state index is 0.00361. The van der Waals surface area contributed by atoms with Crippen molar-refractivity contribution >= 4 is 17.6 Å². The minimum Gasteiger partial charge on any atom is -0.387 e. The van der Waals surface area contributed by atoms with Crippen molar-refractivity contribution in [2.45, 2.75) is 18.6 Å². The summed E-state index contributed by atoms with van der Waals surface area (Å²) >= 11 is 0. The number of amides is 1. The van der Waals surface area contributed by atoms with Crippen LogP contribution in [0.15, 0.2) is 33.7 Å². The van der Waals surface area contributed by atoms with E-state index in [9.17, 15) is 13.6 Å². The number of carbonyl (C=O) groups excluding carboxylic acids is 1. The molecule has 0 spiro atoms. The molecule has 3 unspecified atom stereocenters. The third kappa shape index (κ3) is 4.17. The molecule has 0 saturated carbocycles. The molecule has 0 aromatic carbocycles. The second-order valence-corrected chi connectivity index (χ2v) is 4.66. The van der Waals surface area contributed by atoms with Crippen LogP contribution < -0.4 is 17.2 Å². The lowest BCUT2D eigenvalue weighted by atomic mass is 9.95. The Morgan fingerprint density at radius 1 is 1.41 bits per heavy atom. The molecular formula is C12H17F2N7O. The van der Waals surface area contributed by atoms with Gasteiger partial charge in [0.25, 0.3) is 0 Å². The first kappa shape index (κ1) is 17.4. The predicted molar refractivity (Wildman–Crippen MR) is 76.8 cm³/mol. The lowest BCUT2D eigenvalue weighted by Gasteiger charge is -2.20. The standard InChI is InChI=1S/C12H17F2N7O/c13-5-1-2-6(8(14)3-5)9(21-19)11(17)20-4-7(10(15)16)12(18)22/h1-2,7-9,19H,3-4H2,(H3,15,16)(H2,17,20)(H2,18,22). The molecule has 1 rings (SSSR count). The Bertz CT molecular complexity index is 556. The summed E-state index contributed by atoms with van der Waals surface area (Å²) in [5.41, 5.74) is 23.0. The van der Waals surface area contributed by atoms with Gasteiger partial charge in [-0.05, 0) is 11.6 Å². The Balaban J connectivity index is 2.95. The van der Waals surface area contributed by atoms with E-state index in [1.165, 1.54) is 0 Å². The van der Waals surface area contributed by atoms with E-state index >= 15 is 0 Å². The lowest BCUT2D eigenvalue weighted by Crippen LogP contribution is -2.38. The van der Waals surface area contributed by atoms with Crippen molar-refractivity contribution in [1.29, 1.82) is 10.9 Å². The number of halogens is 2. The van der Waals surface area contributed by atoms with Gasteiger partial charge in [-0.1, -0.05) is 6.08 Å². The van der Waals surface area contributed by atoms with Crippen LogP contribution in [-0.4, -0.2) is 36.3 Å². The number of rotatable bonds is 7. The fourth-order valence-corrected chi connectivity index (χ4v) is 1.85. The van der Waals surface area contributed by atoms with Crippen LogP contribution in [0.4, 0.5) is 8.78 Å². The van der Waals surface area contributed by atoms with Gasteiger partial charge in [-0.25, -0.2) is 14.3 Å². The number of hydrogen-bond acceptors (Lipinski definition) is 5. The van der Waals surface area contributed by atoms with Crippen LogP contribution in [0.25, 0.3) is 0 Å². The summed E-state index contributed by atoms with van der Waals surface area (Å²) in [6.45, 7) is -0.309. The van der Waals surface area contributed by atoms with E-state index in [2.05, 4.69) is 10.1 Å². The molecule has 22 heavy (non-hydrogen) atoms. The molecule has 0 radical (unpaired) electrons. The molecule has 0 aromatic heterocycles. The molecule has 0 saturated heterocycles. The average molecular weight is 313 g/mol. The van der Waals surface area contributed by atoms with Gasteiger partial charge in [-0.2, -0.15) is 5.11 Å². The second-order valence-electron chi connectivity index (χ2n) is 4.66. The van der Waals surface area contributed by atoms with Crippen LogP contribution in [0.3, 0.4) is 0 Å². The molecular weight excluding hydrogens is 296 g/mol. The third-order valence-corrected chi connectivity index (χ3v) is 3.09. The Labute approximate surface area is 125 Å². The van der Waals surface area contributed by atoms with Crippen molar-refractivity contribution in [3.05, 3.63) is 23.6 Å². The van der Waals surface area contributed by atoms with Crippen molar-refractivity contribution < 1.29 is 13.6 Å². The SMILES string of the molecule is N=NC(C1=CC=C(F)CC1F)C(N)=NCC(C(=N)N)C(N)=O. The maximum absolute atomic E-state index is 13.8. The second kappa shape index (κ2) is 7.38. The van der Waals surface area contributed by atoms with Crippen LogP contribution in [0.1, 0.15) is 6.42 Å². The zero-order chi connectivity index (χ0) is 16.9. The Hall–Kier alpha value is -2.65. The first-order chi connectivity index (χ1) is 10.3. The highest BCUT2D eigenvalue weighted by Crippen LogP contribution is 2.26. The van der Waals surface area contributed by atoms with Gasteiger partial charge in [0.1, 0.15) is 29.6 Å². The topological polar surface area (TPSA) is 168 Å². The van der Waals surface area contributed by atoms with Gasteiger partial charge in [-0.3, -0.25) is 15.2 Å². The van der Waals surface area contributed by atoms with Crippen molar-refractivity contribution in [3.63, 3.8) is 0 Å². The molecule has 0 heterocycles. The summed E-state index contributed by atoms with van der Waals surface area (Å²) in [4.78, 5) is 14.9. The van der Waals surface area contributed by atoms with E-state index < -0.39 is 42.1 Å². The molecule has 8 nitrogen and oxygen atoms in total. The van der Waals surface area contributed by atoms with Gasteiger partial charge < -0.3 is 17.2 Å². The average Bonchev–Trinajstić information content (AvgIpc) is 2.41. The van der Waals surface area contributed by atoms with Crippen LogP contribution in [0.2, 0.25) is 0 Å². The van der Waals surface area contributed by atoms with Gasteiger partial charge in [0.05, 0.1) is 6.54 Å². The quantitative estimate of drug-likeness (QED) is 0.259. The first-order valence-corrected chi connectivity index (χ1v) is 6.27. The molecule has 1 amide bonds. The number of primary amides is 1. The minimum atomic E-state index is -1.67. The van der Waals surface area contributed by atoms with Gasteiger partial charge in [0, 0.05) is 6.42 Å². The smallest absolute Gasteiger partial charge is 0.230 e. The molecule has 10 heteroatoms. The van der Waals surface area contributed by atoms with Crippen LogP contribution in [0, 0.1) is 16.9 Å². The number of nitrogens with two attached hydrogens (primary N) is 3. The van der Waals surface area contributed by atoms with Crippen molar-refractivity contribution in [2.75, 3.05) is 6.54 Å². The predicted octanol–water partition coefficient (Wildman–Crippen LogP) is 0.302. The van der Waals surface area contributed by atoms with E-state index in [1.807, 2.05) is 0 Å². The number of alkyl halides is 1. The largest absolute Gasteiger partial charge is 0.387 e.